The Morgan fingerprint density at radius 1 is 1.35 bits per heavy atom. The van der Waals surface area contributed by atoms with E-state index in [1.165, 1.54) is 0 Å². The molecule has 0 aromatic carbocycles. The molecule has 0 amide bonds. The first kappa shape index (κ1) is 18.2. The maximum atomic E-state index is 12.4. The van der Waals surface area contributed by atoms with Crippen LogP contribution in [-0.4, -0.2) is 44.9 Å². The zero-order valence-electron chi connectivity index (χ0n) is 12.5. The largest absolute Gasteiger partial charge is 0.316 e. The van der Waals surface area contributed by atoms with Gasteiger partial charge in [-0.05, 0) is 44.6 Å². The Morgan fingerprint density at radius 2 is 2.10 bits per heavy atom. The summed E-state index contributed by atoms with van der Waals surface area (Å²) < 4.78 is 29.2. The standard InChI is InChI=1S/C13H27N3O2S.ClH/c1-12-6-3-4-9-16(12)19(17,18)15-11-13(2)7-5-8-14-10-13;/h12,14-15H,3-11H2,1-2H3;1H. The van der Waals surface area contributed by atoms with Crippen molar-refractivity contribution in [3.8, 4) is 0 Å². The van der Waals surface area contributed by atoms with Crippen LogP contribution in [0.25, 0.3) is 0 Å². The topological polar surface area (TPSA) is 61.4 Å². The van der Waals surface area contributed by atoms with Crippen molar-refractivity contribution in [1.82, 2.24) is 14.3 Å². The van der Waals surface area contributed by atoms with Crippen LogP contribution < -0.4 is 10.0 Å². The Morgan fingerprint density at radius 3 is 2.70 bits per heavy atom. The second-order valence-corrected chi connectivity index (χ2v) is 8.08. The first-order valence-corrected chi connectivity index (χ1v) is 8.84. The van der Waals surface area contributed by atoms with Gasteiger partial charge in [-0.3, -0.25) is 0 Å². The lowest BCUT2D eigenvalue weighted by Gasteiger charge is -2.36. The van der Waals surface area contributed by atoms with Crippen molar-refractivity contribution >= 4 is 22.6 Å². The molecule has 2 unspecified atom stereocenters. The molecule has 0 radical (unpaired) electrons. The molecule has 5 nitrogen and oxygen atoms in total. The van der Waals surface area contributed by atoms with Gasteiger partial charge in [0.1, 0.15) is 0 Å². The highest BCUT2D eigenvalue weighted by Crippen LogP contribution is 2.25. The van der Waals surface area contributed by atoms with Gasteiger partial charge in [0.05, 0.1) is 0 Å². The first-order chi connectivity index (χ1) is 8.93. The quantitative estimate of drug-likeness (QED) is 0.823. The van der Waals surface area contributed by atoms with E-state index in [2.05, 4.69) is 17.0 Å². The van der Waals surface area contributed by atoms with Crippen LogP contribution in [0.4, 0.5) is 0 Å². The number of nitrogens with one attached hydrogen (secondary N) is 2. The molecule has 7 heteroatoms. The number of piperidine rings is 2. The number of hydrogen-bond acceptors (Lipinski definition) is 3. The highest BCUT2D eigenvalue weighted by molar-refractivity contribution is 7.87. The normalized spacial score (nSPS) is 32.6. The number of nitrogens with zero attached hydrogens (tertiary/aromatic N) is 1. The summed E-state index contributed by atoms with van der Waals surface area (Å²) in [5.74, 6) is 0. The molecule has 120 valence electrons. The Kier molecular flexibility index (Phi) is 6.73. The van der Waals surface area contributed by atoms with Gasteiger partial charge in [-0.2, -0.15) is 12.7 Å². The average molecular weight is 326 g/mol. The molecule has 0 bridgehead atoms. The molecule has 2 aliphatic rings. The van der Waals surface area contributed by atoms with Crippen LogP contribution >= 0.6 is 12.4 Å². The summed E-state index contributed by atoms with van der Waals surface area (Å²) in [6.45, 7) is 7.29. The smallest absolute Gasteiger partial charge is 0.279 e. The second kappa shape index (κ2) is 7.40. The van der Waals surface area contributed by atoms with Crippen molar-refractivity contribution in [2.75, 3.05) is 26.2 Å². The van der Waals surface area contributed by atoms with Crippen molar-refractivity contribution in [3.05, 3.63) is 0 Å². The SMILES string of the molecule is CC1CCCCN1S(=O)(=O)NCC1(C)CCCNC1.Cl. The third-order valence-corrected chi connectivity index (χ3v) is 6.09. The average Bonchev–Trinajstić information content (AvgIpc) is 2.38. The fourth-order valence-corrected chi connectivity index (χ4v) is 4.69. The number of hydrogen-bond donors (Lipinski definition) is 2. The molecule has 0 aromatic rings. The van der Waals surface area contributed by atoms with Gasteiger partial charge >= 0.3 is 0 Å². The van der Waals surface area contributed by atoms with E-state index in [4.69, 9.17) is 0 Å². The Labute approximate surface area is 129 Å². The summed E-state index contributed by atoms with van der Waals surface area (Å²) >= 11 is 0. The molecule has 0 spiro atoms. The molecular formula is C13H28ClN3O2S. The monoisotopic (exact) mass is 325 g/mol. The van der Waals surface area contributed by atoms with Gasteiger partial charge < -0.3 is 5.32 Å². The van der Waals surface area contributed by atoms with Gasteiger partial charge in [0.2, 0.25) is 0 Å². The summed E-state index contributed by atoms with van der Waals surface area (Å²) in [5, 5.41) is 3.35. The lowest BCUT2D eigenvalue weighted by atomic mass is 9.83. The fourth-order valence-electron chi connectivity index (χ4n) is 3.05. The summed E-state index contributed by atoms with van der Waals surface area (Å²) in [6, 6.07) is 0.128. The molecule has 2 aliphatic heterocycles. The van der Waals surface area contributed by atoms with E-state index in [0.717, 1.165) is 45.2 Å². The lowest BCUT2D eigenvalue weighted by Crippen LogP contribution is -2.52. The van der Waals surface area contributed by atoms with Crippen LogP contribution in [-0.2, 0) is 10.2 Å². The van der Waals surface area contributed by atoms with E-state index >= 15 is 0 Å². The minimum absolute atomic E-state index is 0. The molecule has 0 aliphatic carbocycles. The van der Waals surface area contributed by atoms with Gasteiger partial charge in [0.15, 0.2) is 0 Å². The maximum Gasteiger partial charge on any atom is 0.279 e. The summed E-state index contributed by atoms with van der Waals surface area (Å²) in [4.78, 5) is 0. The van der Waals surface area contributed by atoms with Crippen LogP contribution in [0, 0.1) is 5.41 Å². The van der Waals surface area contributed by atoms with Crippen molar-refractivity contribution in [2.24, 2.45) is 5.41 Å². The van der Waals surface area contributed by atoms with Gasteiger partial charge in [-0.15, -0.1) is 12.4 Å². The van der Waals surface area contributed by atoms with Crippen LogP contribution in [0.15, 0.2) is 0 Å². The first-order valence-electron chi connectivity index (χ1n) is 7.40. The van der Waals surface area contributed by atoms with E-state index < -0.39 is 10.2 Å². The molecule has 2 atom stereocenters. The van der Waals surface area contributed by atoms with Gasteiger partial charge in [-0.25, -0.2) is 4.72 Å². The van der Waals surface area contributed by atoms with Crippen molar-refractivity contribution in [1.29, 1.82) is 0 Å². The lowest BCUT2D eigenvalue weighted by molar-refractivity contribution is 0.229. The van der Waals surface area contributed by atoms with Crippen LogP contribution in [0.5, 0.6) is 0 Å². The van der Waals surface area contributed by atoms with Crippen LogP contribution in [0.3, 0.4) is 0 Å². The number of rotatable bonds is 4. The zero-order valence-corrected chi connectivity index (χ0v) is 14.2. The van der Waals surface area contributed by atoms with Crippen LogP contribution in [0.1, 0.15) is 46.0 Å². The fraction of sp³-hybridized carbons (Fsp3) is 1.00. The summed E-state index contributed by atoms with van der Waals surface area (Å²) in [7, 11) is -3.31. The van der Waals surface area contributed by atoms with E-state index in [1.807, 2.05) is 6.92 Å². The Bertz CT molecular complexity index is 396. The van der Waals surface area contributed by atoms with Gasteiger partial charge in [0, 0.05) is 25.7 Å². The van der Waals surface area contributed by atoms with E-state index in [-0.39, 0.29) is 23.9 Å². The van der Waals surface area contributed by atoms with Crippen molar-refractivity contribution in [2.45, 2.75) is 52.0 Å². The van der Waals surface area contributed by atoms with E-state index in [1.54, 1.807) is 4.31 Å². The minimum atomic E-state index is -3.31. The summed E-state index contributed by atoms with van der Waals surface area (Å²) in [5.41, 5.74) is 0.0460. The second-order valence-electron chi connectivity index (χ2n) is 6.37. The van der Waals surface area contributed by atoms with Crippen molar-refractivity contribution in [3.63, 3.8) is 0 Å². The van der Waals surface area contributed by atoms with E-state index in [9.17, 15) is 8.42 Å². The number of halogens is 1. The van der Waals surface area contributed by atoms with Gasteiger partial charge in [-0.1, -0.05) is 13.3 Å². The van der Waals surface area contributed by atoms with Gasteiger partial charge in [0.25, 0.3) is 10.2 Å². The predicted octanol–water partition coefficient (Wildman–Crippen LogP) is 1.51. The molecular weight excluding hydrogens is 298 g/mol. The molecule has 0 aromatic heterocycles. The summed E-state index contributed by atoms with van der Waals surface area (Å²) in [6.07, 6.45) is 5.29. The molecule has 2 heterocycles. The third-order valence-electron chi connectivity index (χ3n) is 4.42. The molecule has 2 N–H and O–H groups in total. The van der Waals surface area contributed by atoms with E-state index in [0.29, 0.717) is 13.1 Å². The highest BCUT2D eigenvalue weighted by atomic mass is 35.5. The minimum Gasteiger partial charge on any atom is -0.316 e. The zero-order chi connectivity index (χ0) is 13.9. The molecule has 2 fully saturated rings. The predicted molar refractivity (Wildman–Crippen MR) is 84.4 cm³/mol. The molecule has 20 heavy (non-hydrogen) atoms. The highest BCUT2D eigenvalue weighted by Gasteiger charge is 2.33. The molecule has 2 rings (SSSR count). The van der Waals surface area contributed by atoms with Crippen LogP contribution in [0.2, 0.25) is 0 Å². The Hall–Kier alpha value is 0.120. The molecule has 0 saturated carbocycles. The Balaban J connectivity index is 0.00000200. The molecule has 2 saturated heterocycles. The third kappa shape index (κ3) is 4.56. The maximum absolute atomic E-state index is 12.4. The van der Waals surface area contributed by atoms with Crippen molar-refractivity contribution < 1.29 is 8.42 Å².